The molecule has 0 radical (unpaired) electrons. The first kappa shape index (κ1) is 12.2. The quantitative estimate of drug-likeness (QED) is 0.878. The van der Waals surface area contributed by atoms with Gasteiger partial charge in [-0.05, 0) is 18.6 Å². The lowest BCUT2D eigenvalue weighted by molar-refractivity contribution is -0.166. The van der Waals surface area contributed by atoms with Crippen LogP contribution in [0, 0.1) is 6.92 Å². The van der Waals surface area contributed by atoms with Crippen molar-refractivity contribution in [1.29, 1.82) is 0 Å². The minimum Gasteiger partial charge on any atom is -0.477 e. The van der Waals surface area contributed by atoms with E-state index in [-0.39, 0.29) is 10.6 Å². The SMILES string of the molecule is Cc1ccc(Cl)c(Cl)c1C(F)(F)C(=O)O. The van der Waals surface area contributed by atoms with Gasteiger partial charge in [-0.1, -0.05) is 29.3 Å². The molecule has 1 aromatic carbocycles. The molecule has 0 saturated heterocycles. The van der Waals surface area contributed by atoms with E-state index in [2.05, 4.69) is 0 Å². The number of aryl methyl sites for hydroxylation is 1. The average molecular weight is 255 g/mol. The molecule has 0 heterocycles. The highest BCUT2D eigenvalue weighted by atomic mass is 35.5. The molecule has 82 valence electrons. The van der Waals surface area contributed by atoms with Gasteiger partial charge in [-0.3, -0.25) is 0 Å². The molecule has 0 aromatic heterocycles. The highest BCUT2D eigenvalue weighted by molar-refractivity contribution is 6.42. The van der Waals surface area contributed by atoms with Gasteiger partial charge in [0.25, 0.3) is 0 Å². The molecule has 2 nitrogen and oxygen atoms in total. The summed E-state index contributed by atoms with van der Waals surface area (Å²) in [4.78, 5) is 10.4. The Kier molecular flexibility index (Phi) is 3.21. The van der Waals surface area contributed by atoms with E-state index in [4.69, 9.17) is 28.3 Å². The third-order valence-electron chi connectivity index (χ3n) is 1.89. The summed E-state index contributed by atoms with van der Waals surface area (Å²) in [5, 5.41) is 7.86. The maximum Gasteiger partial charge on any atom is 0.379 e. The van der Waals surface area contributed by atoms with Crippen LogP contribution in [0.25, 0.3) is 0 Å². The molecule has 6 heteroatoms. The number of hydrogen-bond acceptors (Lipinski definition) is 1. The topological polar surface area (TPSA) is 37.3 Å². The first-order valence-corrected chi connectivity index (χ1v) is 4.60. The van der Waals surface area contributed by atoms with Crippen molar-refractivity contribution in [3.8, 4) is 0 Å². The van der Waals surface area contributed by atoms with Crippen molar-refractivity contribution in [2.75, 3.05) is 0 Å². The number of carboxylic acids is 1. The number of carboxylic acid groups (broad SMARTS) is 1. The maximum atomic E-state index is 13.2. The largest absolute Gasteiger partial charge is 0.477 e. The maximum absolute atomic E-state index is 13.2. The first-order valence-electron chi connectivity index (χ1n) is 3.84. The lowest BCUT2D eigenvalue weighted by Crippen LogP contribution is -2.26. The van der Waals surface area contributed by atoms with Gasteiger partial charge in [-0.2, -0.15) is 8.78 Å². The van der Waals surface area contributed by atoms with Gasteiger partial charge in [0, 0.05) is 0 Å². The summed E-state index contributed by atoms with van der Waals surface area (Å²) < 4.78 is 26.5. The molecular weight excluding hydrogens is 249 g/mol. The summed E-state index contributed by atoms with van der Waals surface area (Å²) in [6.45, 7) is 1.34. The summed E-state index contributed by atoms with van der Waals surface area (Å²) in [7, 11) is 0. The molecule has 0 atom stereocenters. The van der Waals surface area contributed by atoms with Crippen molar-refractivity contribution in [2.45, 2.75) is 12.8 Å². The number of rotatable bonds is 2. The number of carbonyl (C=O) groups is 1. The Hall–Kier alpha value is -0.870. The van der Waals surface area contributed by atoms with E-state index >= 15 is 0 Å². The highest BCUT2D eigenvalue weighted by Gasteiger charge is 2.44. The number of aliphatic carboxylic acids is 1. The van der Waals surface area contributed by atoms with Gasteiger partial charge in [0.15, 0.2) is 0 Å². The third kappa shape index (κ3) is 2.06. The van der Waals surface area contributed by atoms with Crippen LogP contribution in [0.15, 0.2) is 12.1 Å². The van der Waals surface area contributed by atoms with Crippen molar-refractivity contribution in [1.82, 2.24) is 0 Å². The summed E-state index contributed by atoms with van der Waals surface area (Å²) >= 11 is 11.1. The zero-order valence-corrected chi connectivity index (χ0v) is 9.03. The number of alkyl halides is 2. The molecule has 0 aliphatic carbocycles. The van der Waals surface area contributed by atoms with Crippen LogP contribution >= 0.6 is 23.2 Å². The second-order valence-electron chi connectivity index (χ2n) is 2.93. The normalized spacial score (nSPS) is 11.5. The number of halogens is 4. The Labute approximate surface area is 94.4 Å². The lowest BCUT2D eigenvalue weighted by Gasteiger charge is -2.16. The molecule has 0 fully saturated rings. The average Bonchev–Trinajstić information content (AvgIpc) is 2.11. The minimum atomic E-state index is -4.04. The summed E-state index contributed by atoms with van der Waals surface area (Å²) in [6, 6.07) is 2.63. The number of benzene rings is 1. The Morgan fingerprint density at radius 1 is 1.40 bits per heavy atom. The van der Waals surface area contributed by atoms with Crippen LogP contribution in [0.3, 0.4) is 0 Å². The fraction of sp³-hybridized carbons (Fsp3) is 0.222. The number of hydrogen-bond donors (Lipinski definition) is 1. The van der Waals surface area contributed by atoms with Crippen molar-refractivity contribution in [2.24, 2.45) is 0 Å². The van der Waals surface area contributed by atoms with Crippen LogP contribution in [-0.4, -0.2) is 11.1 Å². The Bertz CT molecular complexity index is 419. The molecule has 0 saturated carbocycles. The van der Waals surface area contributed by atoms with E-state index in [1.165, 1.54) is 19.1 Å². The molecule has 0 amide bonds. The molecule has 0 aliphatic rings. The molecule has 1 N–H and O–H groups in total. The minimum absolute atomic E-state index is 0.0804. The van der Waals surface area contributed by atoms with E-state index in [0.29, 0.717) is 0 Å². The summed E-state index contributed by atoms with van der Waals surface area (Å²) in [5.41, 5.74) is -0.680. The molecule has 1 rings (SSSR count). The smallest absolute Gasteiger partial charge is 0.379 e. The summed E-state index contributed by atoms with van der Waals surface area (Å²) in [6.07, 6.45) is 0. The van der Waals surface area contributed by atoms with Gasteiger partial charge >= 0.3 is 11.9 Å². The van der Waals surface area contributed by atoms with E-state index in [1.807, 2.05) is 0 Å². The second kappa shape index (κ2) is 3.94. The van der Waals surface area contributed by atoms with Crippen molar-refractivity contribution < 1.29 is 18.7 Å². The molecule has 15 heavy (non-hydrogen) atoms. The van der Waals surface area contributed by atoms with E-state index in [0.717, 1.165) is 0 Å². The predicted molar refractivity (Wildman–Crippen MR) is 52.7 cm³/mol. The second-order valence-corrected chi connectivity index (χ2v) is 3.72. The van der Waals surface area contributed by atoms with Crippen LogP contribution in [0.2, 0.25) is 10.0 Å². The van der Waals surface area contributed by atoms with Crippen molar-refractivity contribution >= 4 is 29.2 Å². The molecule has 1 aromatic rings. The van der Waals surface area contributed by atoms with Gasteiger partial charge in [-0.25, -0.2) is 4.79 Å². The van der Waals surface area contributed by atoms with Crippen molar-refractivity contribution in [3.63, 3.8) is 0 Å². The highest BCUT2D eigenvalue weighted by Crippen LogP contribution is 2.39. The van der Waals surface area contributed by atoms with Crippen molar-refractivity contribution in [3.05, 3.63) is 33.3 Å². The van der Waals surface area contributed by atoms with Crippen LogP contribution in [-0.2, 0) is 10.7 Å². The molecular formula is C9H6Cl2F2O2. The van der Waals surface area contributed by atoms with Gasteiger partial charge in [-0.15, -0.1) is 0 Å². The fourth-order valence-corrected chi connectivity index (χ4v) is 1.63. The third-order valence-corrected chi connectivity index (χ3v) is 2.69. The molecule has 0 aliphatic heterocycles. The summed E-state index contributed by atoms with van der Waals surface area (Å²) in [5.74, 6) is -6.29. The van der Waals surface area contributed by atoms with Crippen LogP contribution in [0.4, 0.5) is 8.78 Å². The standard InChI is InChI=1S/C9H6Cl2F2O2/c1-4-2-3-5(10)7(11)6(4)9(12,13)8(14)15/h2-3H,1H3,(H,14,15). The molecule has 0 bridgehead atoms. The van der Waals surface area contributed by atoms with Crippen LogP contribution in [0.5, 0.6) is 0 Å². The Morgan fingerprint density at radius 2 is 1.93 bits per heavy atom. The Morgan fingerprint density at radius 3 is 2.40 bits per heavy atom. The molecule has 0 unspecified atom stereocenters. The monoisotopic (exact) mass is 254 g/mol. The van der Waals surface area contributed by atoms with Gasteiger partial charge < -0.3 is 5.11 Å². The lowest BCUT2D eigenvalue weighted by atomic mass is 10.0. The van der Waals surface area contributed by atoms with Crippen LogP contribution < -0.4 is 0 Å². The van der Waals surface area contributed by atoms with Crippen LogP contribution in [0.1, 0.15) is 11.1 Å². The zero-order valence-electron chi connectivity index (χ0n) is 7.52. The molecule has 0 spiro atoms. The Balaban J connectivity index is 3.49. The zero-order chi connectivity index (χ0) is 11.8. The first-order chi connectivity index (χ1) is 6.78. The van der Waals surface area contributed by atoms with Gasteiger partial charge in [0.2, 0.25) is 0 Å². The predicted octanol–water partition coefficient (Wildman–Crippen LogP) is 3.48. The van der Waals surface area contributed by atoms with Gasteiger partial charge in [0.1, 0.15) is 0 Å². The van der Waals surface area contributed by atoms with E-state index in [9.17, 15) is 13.6 Å². The van der Waals surface area contributed by atoms with E-state index in [1.54, 1.807) is 0 Å². The van der Waals surface area contributed by atoms with E-state index < -0.39 is 22.5 Å². The van der Waals surface area contributed by atoms with Gasteiger partial charge in [0.05, 0.1) is 15.6 Å². The fourth-order valence-electron chi connectivity index (χ4n) is 1.14.